The third-order valence-electron chi connectivity index (χ3n) is 4.12. The molecule has 0 aromatic heterocycles. The average Bonchev–Trinajstić information content (AvgIpc) is 2.68. The molecule has 26 heavy (non-hydrogen) atoms. The number of benzene rings is 2. The third kappa shape index (κ3) is 4.00. The first-order valence-electron chi connectivity index (χ1n) is 8.20. The zero-order valence-corrected chi connectivity index (χ0v) is 14.3. The van der Waals surface area contributed by atoms with Gasteiger partial charge in [0, 0.05) is 24.3 Å². The molecule has 2 aromatic rings. The third-order valence-corrected chi connectivity index (χ3v) is 4.12. The van der Waals surface area contributed by atoms with E-state index in [2.05, 4.69) is 5.32 Å². The summed E-state index contributed by atoms with van der Waals surface area (Å²) in [5, 5.41) is 2.71. The van der Waals surface area contributed by atoms with Crippen LogP contribution in [0.3, 0.4) is 0 Å². The van der Waals surface area contributed by atoms with Gasteiger partial charge >= 0.3 is 5.97 Å². The zero-order chi connectivity index (χ0) is 18.5. The summed E-state index contributed by atoms with van der Waals surface area (Å²) >= 11 is 0. The van der Waals surface area contributed by atoms with Crippen LogP contribution in [0.15, 0.2) is 42.5 Å². The van der Waals surface area contributed by atoms with Gasteiger partial charge in [0.15, 0.2) is 0 Å². The molecule has 1 saturated heterocycles. The highest BCUT2D eigenvalue weighted by Gasteiger charge is 2.20. The fourth-order valence-electron chi connectivity index (χ4n) is 2.77. The smallest absolute Gasteiger partial charge is 0.340 e. The molecule has 1 heterocycles. The van der Waals surface area contributed by atoms with Gasteiger partial charge in [0.1, 0.15) is 5.82 Å². The number of carbonyl (C=O) groups excluding carboxylic acids is 2. The Hall–Kier alpha value is -2.93. The first-order chi connectivity index (χ1) is 12.6. The van der Waals surface area contributed by atoms with E-state index in [0.29, 0.717) is 43.1 Å². The molecule has 6 nitrogen and oxygen atoms in total. The number of nitrogens with one attached hydrogen (secondary N) is 1. The number of methoxy groups -OCH3 is 1. The maximum absolute atomic E-state index is 13.0. The minimum Gasteiger partial charge on any atom is -0.465 e. The van der Waals surface area contributed by atoms with Gasteiger partial charge in [0.05, 0.1) is 31.6 Å². The van der Waals surface area contributed by atoms with E-state index in [1.165, 1.54) is 31.4 Å². The summed E-state index contributed by atoms with van der Waals surface area (Å²) in [7, 11) is 1.31. The number of hydrogen-bond acceptors (Lipinski definition) is 5. The lowest BCUT2D eigenvalue weighted by molar-refractivity contribution is 0.0600. The van der Waals surface area contributed by atoms with Gasteiger partial charge in [-0.15, -0.1) is 0 Å². The quantitative estimate of drug-likeness (QED) is 0.851. The largest absolute Gasteiger partial charge is 0.465 e. The number of morpholine rings is 1. The zero-order valence-electron chi connectivity index (χ0n) is 14.3. The molecule has 136 valence electrons. The van der Waals surface area contributed by atoms with Crippen LogP contribution in [-0.4, -0.2) is 45.3 Å². The molecule has 1 fully saturated rings. The summed E-state index contributed by atoms with van der Waals surface area (Å²) in [6.07, 6.45) is 0. The molecule has 0 saturated carbocycles. The summed E-state index contributed by atoms with van der Waals surface area (Å²) in [5.74, 6) is -1.28. The molecule has 3 rings (SSSR count). The van der Waals surface area contributed by atoms with Crippen LogP contribution >= 0.6 is 0 Å². The molecule has 0 aliphatic carbocycles. The summed E-state index contributed by atoms with van der Waals surface area (Å²) in [6.45, 7) is 2.52. The Balaban J connectivity index is 1.84. The fourth-order valence-corrected chi connectivity index (χ4v) is 2.77. The number of anilines is 2. The predicted molar refractivity (Wildman–Crippen MR) is 95.2 cm³/mol. The Morgan fingerprint density at radius 1 is 1.12 bits per heavy atom. The Bertz CT molecular complexity index is 802. The summed E-state index contributed by atoms with van der Waals surface area (Å²) in [6, 6.07) is 10.3. The number of carbonyl (C=O) groups is 2. The summed E-state index contributed by atoms with van der Waals surface area (Å²) in [4.78, 5) is 26.5. The molecule has 7 heteroatoms. The van der Waals surface area contributed by atoms with Crippen LogP contribution in [0.5, 0.6) is 0 Å². The second-order valence-corrected chi connectivity index (χ2v) is 5.78. The monoisotopic (exact) mass is 358 g/mol. The lowest BCUT2D eigenvalue weighted by Crippen LogP contribution is -2.37. The molecule has 0 spiro atoms. The first-order valence-corrected chi connectivity index (χ1v) is 8.20. The van der Waals surface area contributed by atoms with Crippen molar-refractivity contribution < 1.29 is 23.5 Å². The van der Waals surface area contributed by atoms with E-state index in [1.807, 2.05) is 4.90 Å². The van der Waals surface area contributed by atoms with E-state index in [0.717, 1.165) is 5.69 Å². The fraction of sp³-hybridized carbons (Fsp3) is 0.263. The number of hydrogen-bond donors (Lipinski definition) is 1. The number of ether oxygens (including phenoxy) is 2. The maximum Gasteiger partial charge on any atom is 0.340 e. The Labute approximate surface area is 150 Å². The number of halogens is 1. The standard InChI is InChI=1S/C19H19FN2O4/c1-25-19(24)16-12-15(6-7-17(16)22-8-10-26-11-9-22)21-18(23)13-2-4-14(20)5-3-13/h2-7,12H,8-11H2,1H3,(H,21,23). The van der Waals surface area contributed by atoms with Crippen LogP contribution < -0.4 is 10.2 Å². The Morgan fingerprint density at radius 2 is 1.81 bits per heavy atom. The Morgan fingerprint density at radius 3 is 2.46 bits per heavy atom. The van der Waals surface area contributed by atoms with Gasteiger partial charge in [0.25, 0.3) is 5.91 Å². The van der Waals surface area contributed by atoms with Crippen LogP contribution in [0, 0.1) is 5.82 Å². The van der Waals surface area contributed by atoms with E-state index < -0.39 is 11.8 Å². The highest BCUT2D eigenvalue weighted by molar-refractivity contribution is 6.05. The van der Waals surface area contributed by atoms with Crippen molar-refractivity contribution in [3.8, 4) is 0 Å². The molecule has 0 radical (unpaired) electrons. The SMILES string of the molecule is COC(=O)c1cc(NC(=O)c2ccc(F)cc2)ccc1N1CCOCC1. The van der Waals surface area contributed by atoms with Crippen molar-refractivity contribution in [1.29, 1.82) is 0 Å². The van der Waals surface area contributed by atoms with Crippen LogP contribution in [0.1, 0.15) is 20.7 Å². The maximum atomic E-state index is 13.0. The van der Waals surface area contributed by atoms with Crippen molar-refractivity contribution in [2.45, 2.75) is 0 Å². The van der Waals surface area contributed by atoms with Gasteiger partial charge in [-0.2, -0.15) is 0 Å². The molecular formula is C19H19FN2O4. The van der Waals surface area contributed by atoms with Gasteiger partial charge in [0.2, 0.25) is 0 Å². The van der Waals surface area contributed by atoms with E-state index in [1.54, 1.807) is 18.2 Å². The molecule has 0 atom stereocenters. The van der Waals surface area contributed by atoms with Crippen LogP contribution in [-0.2, 0) is 9.47 Å². The van der Waals surface area contributed by atoms with Crippen molar-refractivity contribution in [3.63, 3.8) is 0 Å². The minimum atomic E-state index is -0.482. The highest BCUT2D eigenvalue weighted by atomic mass is 19.1. The van der Waals surface area contributed by atoms with Crippen LogP contribution in [0.4, 0.5) is 15.8 Å². The lowest BCUT2D eigenvalue weighted by Gasteiger charge is -2.30. The summed E-state index contributed by atoms with van der Waals surface area (Å²) in [5.41, 5.74) is 1.88. The molecular weight excluding hydrogens is 339 g/mol. The first kappa shape index (κ1) is 17.9. The highest BCUT2D eigenvalue weighted by Crippen LogP contribution is 2.26. The molecule has 2 aromatic carbocycles. The second-order valence-electron chi connectivity index (χ2n) is 5.78. The topological polar surface area (TPSA) is 67.9 Å². The average molecular weight is 358 g/mol. The van der Waals surface area contributed by atoms with Crippen molar-refractivity contribution in [1.82, 2.24) is 0 Å². The number of rotatable bonds is 4. The number of nitrogens with zero attached hydrogens (tertiary/aromatic N) is 1. The molecule has 0 bridgehead atoms. The van der Waals surface area contributed by atoms with E-state index >= 15 is 0 Å². The van der Waals surface area contributed by atoms with Crippen molar-refractivity contribution >= 4 is 23.3 Å². The van der Waals surface area contributed by atoms with Gasteiger partial charge in [-0.25, -0.2) is 9.18 Å². The molecule has 0 unspecified atom stereocenters. The van der Waals surface area contributed by atoms with Crippen molar-refractivity contribution in [2.75, 3.05) is 43.6 Å². The molecule has 1 aliphatic rings. The summed E-state index contributed by atoms with van der Waals surface area (Å²) < 4.78 is 23.2. The minimum absolute atomic E-state index is 0.322. The number of esters is 1. The predicted octanol–water partition coefficient (Wildman–Crippen LogP) is 2.70. The van der Waals surface area contributed by atoms with Crippen molar-refractivity contribution in [2.24, 2.45) is 0 Å². The second kappa shape index (κ2) is 7.97. The van der Waals surface area contributed by atoms with Gasteiger partial charge in [-0.3, -0.25) is 4.79 Å². The molecule has 1 N–H and O–H groups in total. The van der Waals surface area contributed by atoms with E-state index in [-0.39, 0.29) is 5.91 Å². The Kier molecular flexibility index (Phi) is 5.48. The van der Waals surface area contributed by atoms with Crippen LogP contribution in [0.25, 0.3) is 0 Å². The number of amides is 1. The van der Waals surface area contributed by atoms with Gasteiger partial charge in [-0.1, -0.05) is 0 Å². The van der Waals surface area contributed by atoms with Gasteiger partial charge in [-0.05, 0) is 42.5 Å². The van der Waals surface area contributed by atoms with E-state index in [9.17, 15) is 14.0 Å². The van der Waals surface area contributed by atoms with Crippen LogP contribution in [0.2, 0.25) is 0 Å². The van der Waals surface area contributed by atoms with E-state index in [4.69, 9.17) is 9.47 Å². The molecule has 1 aliphatic heterocycles. The van der Waals surface area contributed by atoms with Gasteiger partial charge < -0.3 is 19.7 Å². The van der Waals surface area contributed by atoms with Crippen molar-refractivity contribution in [3.05, 3.63) is 59.4 Å². The normalized spacial score (nSPS) is 14.0. The molecule has 1 amide bonds. The lowest BCUT2D eigenvalue weighted by atomic mass is 10.1.